The maximum absolute atomic E-state index is 12.3. The lowest BCUT2D eigenvalue weighted by atomic mass is 10.0. The molecule has 154 valence electrons. The molecule has 4 heteroatoms. The van der Waals surface area contributed by atoms with Crippen LogP contribution in [-0.2, 0) is 0 Å². The third-order valence-electron chi connectivity index (χ3n) is 4.82. The summed E-state index contributed by atoms with van der Waals surface area (Å²) in [5.74, 6) is 1.28. The van der Waals surface area contributed by atoms with Crippen LogP contribution in [0.3, 0.4) is 0 Å². The van der Waals surface area contributed by atoms with Crippen molar-refractivity contribution in [1.82, 2.24) is 0 Å². The summed E-state index contributed by atoms with van der Waals surface area (Å²) in [6, 6.07) is 34.8. The van der Waals surface area contributed by atoms with Crippen molar-refractivity contribution in [2.45, 2.75) is 6.10 Å². The van der Waals surface area contributed by atoms with Crippen molar-refractivity contribution in [3.8, 4) is 11.5 Å². The second-order valence-corrected chi connectivity index (χ2v) is 7.93. The van der Waals surface area contributed by atoms with Crippen LogP contribution in [0, 0.1) is 0 Å². The first-order valence-electron chi connectivity index (χ1n) is 9.97. The number of halogens is 1. The molecule has 0 amide bonds. The van der Waals surface area contributed by atoms with E-state index in [2.05, 4.69) is 40.2 Å². The van der Waals surface area contributed by atoms with E-state index in [9.17, 15) is 4.79 Å². The number of carbonyl (C=O) groups is 1. The molecule has 0 fully saturated rings. The van der Waals surface area contributed by atoms with Crippen molar-refractivity contribution in [1.29, 1.82) is 0 Å². The largest absolute Gasteiger partial charge is 0.485 e. The van der Waals surface area contributed by atoms with Gasteiger partial charge in [-0.3, -0.25) is 4.79 Å². The van der Waals surface area contributed by atoms with Crippen molar-refractivity contribution in [3.05, 3.63) is 130 Å². The lowest BCUT2D eigenvalue weighted by Gasteiger charge is -2.20. The highest BCUT2D eigenvalue weighted by molar-refractivity contribution is 9.10. The number of benzene rings is 4. The maximum Gasteiger partial charge on any atom is 0.200 e. The third-order valence-corrected chi connectivity index (χ3v) is 5.35. The summed E-state index contributed by atoms with van der Waals surface area (Å²) in [4.78, 5) is 12.3. The summed E-state index contributed by atoms with van der Waals surface area (Å²) in [6.07, 6.45) is -0.215. The SMILES string of the molecule is O=C(COc1ccc(OC(c2ccccc2)c2ccccc2)cc1)c1ccc(Br)cc1. The molecule has 0 saturated carbocycles. The fourth-order valence-corrected chi connectivity index (χ4v) is 3.47. The highest BCUT2D eigenvalue weighted by Crippen LogP contribution is 2.29. The Hall–Kier alpha value is -3.37. The first-order valence-corrected chi connectivity index (χ1v) is 10.8. The van der Waals surface area contributed by atoms with Gasteiger partial charge in [0.2, 0.25) is 0 Å². The Labute approximate surface area is 190 Å². The summed E-state index contributed by atoms with van der Waals surface area (Å²) in [5, 5.41) is 0. The smallest absolute Gasteiger partial charge is 0.200 e. The Kier molecular flexibility index (Phi) is 6.80. The fourth-order valence-electron chi connectivity index (χ4n) is 3.20. The molecule has 0 saturated heterocycles. The zero-order valence-electron chi connectivity index (χ0n) is 16.8. The van der Waals surface area contributed by atoms with Gasteiger partial charge in [-0.05, 0) is 47.5 Å². The molecular weight excluding hydrogens is 452 g/mol. The zero-order chi connectivity index (χ0) is 21.5. The summed E-state index contributed by atoms with van der Waals surface area (Å²) in [6.45, 7) is -0.0154. The number of Topliss-reactive ketones (excluding diaryl/α,β-unsaturated/α-hetero) is 1. The molecule has 31 heavy (non-hydrogen) atoms. The predicted molar refractivity (Wildman–Crippen MR) is 126 cm³/mol. The van der Waals surface area contributed by atoms with Gasteiger partial charge in [-0.25, -0.2) is 0 Å². The summed E-state index contributed by atoms with van der Waals surface area (Å²) < 4.78 is 12.9. The van der Waals surface area contributed by atoms with E-state index in [1.165, 1.54) is 0 Å². The van der Waals surface area contributed by atoms with E-state index in [0.29, 0.717) is 11.3 Å². The molecule has 0 radical (unpaired) electrons. The van der Waals surface area contributed by atoms with E-state index in [0.717, 1.165) is 21.3 Å². The minimum absolute atomic E-state index is 0.0154. The molecule has 4 rings (SSSR count). The second kappa shape index (κ2) is 10.1. The summed E-state index contributed by atoms with van der Waals surface area (Å²) in [7, 11) is 0. The maximum atomic E-state index is 12.3. The van der Waals surface area contributed by atoms with Crippen LogP contribution in [0.1, 0.15) is 27.6 Å². The Morgan fingerprint density at radius 1 is 0.677 bits per heavy atom. The number of ether oxygens (including phenoxy) is 2. The topological polar surface area (TPSA) is 35.5 Å². The van der Waals surface area contributed by atoms with Gasteiger partial charge in [-0.15, -0.1) is 0 Å². The van der Waals surface area contributed by atoms with Crippen LogP contribution >= 0.6 is 15.9 Å². The Morgan fingerprint density at radius 3 is 1.74 bits per heavy atom. The van der Waals surface area contributed by atoms with Crippen molar-refractivity contribution in [2.24, 2.45) is 0 Å². The average molecular weight is 473 g/mol. The van der Waals surface area contributed by atoms with Gasteiger partial charge < -0.3 is 9.47 Å². The minimum Gasteiger partial charge on any atom is -0.485 e. The van der Waals surface area contributed by atoms with E-state index >= 15 is 0 Å². The Balaban J connectivity index is 1.43. The molecule has 0 aliphatic heterocycles. The van der Waals surface area contributed by atoms with Gasteiger partial charge in [-0.1, -0.05) is 88.7 Å². The molecule has 4 aromatic rings. The Bertz CT molecular complexity index is 1070. The molecule has 3 nitrogen and oxygen atoms in total. The molecule has 0 spiro atoms. The second-order valence-electron chi connectivity index (χ2n) is 7.01. The van der Waals surface area contributed by atoms with Crippen LogP contribution in [-0.4, -0.2) is 12.4 Å². The van der Waals surface area contributed by atoms with Crippen molar-refractivity contribution < 1.29 is 14.3 Å². The van der Waals surface area contributed by atoms with Crippen LogP contribution < -0.4 is 9.47 Å². The van der Waals surface area contributed by atoms with Gasteiger partial charge >= 0.3 is 0 Å². The van der Waals surface area contributed by atoms with Crippen molar-refractivity contribution >= 4 is 21.7 Å². The molecule has 0 N–H and O–H groups in total. The Morgan fingerprint density at radius 2 is 1.19 bits per heavy atom. The first-order chi connectivity index (χ1) is 15.2. The van der Waals surface area contributed by atoms with Gasteiger partial charge in [0.25, 0.3) is 0 Å². The molecule has 0 aliphatic rings. The van der Waals surface area contributed by atoms with Crippen LogP contribution in [0.4, 0.5) is 0 Å². The number of ketones is 1. The highest BCUT2D eigenvalue weighted by atomic mass is 79.9. The van der Waals surface area contributed by atoms with Crippen molar-refractivity contribution in [2.75, 3.05) is 6.61 Å². The predicted octanol–water partition coefficient (Wildman–Crippen LogP) is 6.88. The number of carbonyl (C=O) groups excluding carboxylic acids is 1. The molecular formula is C27H21BrO3. The van der Waals surface area contributed by atoms with Gasteiger partial charge in [-0.2, -0.15) is 0 Å². The summed E-state index contributed by atoms with van der Waals surface area (Å²) >= 11 is 3.37. The van der Waals surface area contributed by atoms with Crippen LogP contribution in [0.25, 0.3) is 0 Å². The molecule has 4 aromatic carbocycles. The van der Waals surface area contributed by atoms with E-state index in [4.69, 9.17) is 9.47 Å². The van der Waals surface area contributed by atoms with E-state index in [-0.39, 0.29) is 18.5 Å². The van der Waals surface area contributed by atoms with Crippen LogP contribution in [0.5, 0.6) is 11.5 Å². The van der Waals surface area contributed by atoms with E-state index in [1.807, 2.05) is 72.8 Å². The molecule has 0 heterocycles. The number of hydrogen-bond donors (Lipinski definition) is 0. The van der Waals surface area contributed by atoms with Crippen LogP contribution in [0.2, 0.25) is 0 Å². The molecule has 0 unspecified atom stereocenters. The highest BCUT2D eigenvalue weighted by Gasteiger charge is 2.16. The fraction of sp³-hybridized carbons (Fsp3) is 0.0741. The molecule has 0 aliphatic carbocycles. The van der Waals surface area contributed by atoms with Gasteiger partial charge in [0.15, 0.2) is 12.4 Å². The van der Waals surface area contributed by atoms with Crippen molar-refractivity contribution in [3.63, 3.8) is 0 Å². The normalized spacial score (nSPS) is 10.6. The van der Waals surface area contributed by atoms with E-state index < -0.39 is 0 Å². The van der Waals surface area contributed by atoms with Gasteiger partial charge in [0.05, 0.1) is 0 Å². The minimum atomic E-state index is -0.215. The first kappa shape index (κ1) is 20.9. The standard InChI is InChI=1S/C27H21BrO3/c28-23-13-11-20(12-14-23)26(29)19-30-24-15-17-25(18-16-24)31-27(21-7-3-1-4-8-21)22-9-5-2-6-10-22/h1-18,27H,19H2. The number of rotatable bonds is 8. The van der Waals surface area contributed by atoms with Gasteiger partial charge in [0.1, 0.15) is 17.6 Å². The number of hydrogen-bond acceptors (Lipinski definition) is 3. The monoisotopic (exact) mass is 472 g/mol. The third kappa shape index (κ3) is 5.62. The zero-order valence-corrected chi connectivity index (χ0v) is 18.4. The van der Waals surface area contributed by atoms with Crippen LogP contribution in [0.15, 0.2) is 114 Å². The summed E-state index contributed by atoms with van der Waals surface area (Å²) in [5.41, 5.74) is 2.78. The lowest BCUT2D eigenvalue weighted by Crippen LogP contribution is -2.11. The lowest BCUT2D eigenvalue weighted by molar-refractivity contribution is 0.0921. The molecule has 0 atom stereocenters. The average Bonchev–Trinajstić information content (AvgIpc) is 2.83. The molecule has 0 bridgehead atoms. The quantitative estimate of drug-likeness (QED) is 0.262. The van der Waals surface area contributed by atoms with Gasteiger partial charge in [0, 0.05) is 10.0 Å². The molecule has 0 aromatic heterocycles. The van der Waals surface area contributed by atoms with E-state index in [1.54, 1.807) is 12.1 Å².